The lowest BCUT2D eigenvalue weighted by molar-refractivity contribution is -0.117. The maximum atomic E-state index is 12.4. The molecule has 0 spiro atoms. The molecule has 0 fully saturated rings. The lowest BCUT2D eigenvalue weighted by Crippen LogP contribution is -2.19. The van der Waals surface area contributed by atoms with Gasteiger partial charge in [-0.1, -0.05) is 70.4 Å². The summed E-state index contributed by atoms with van der Waals surface area (Å²) in [5.41, 5.74) is 8.87. The van der Waals surface area contributed by atoms with Crippen LogP contribution in [0.1, 0.15) is 28.4 Å². The van der Waals surface area contributed by atoms with Gasteiger partial charge in [-0.3, -0.25) is 14.9 Å². The molecule has 0 atom stereocenters. The predicted octanol–water partition coefficient (Wildman–Crippen LogP) is 3.62. The fourth-order valence-electron chi connectivity index (χ4n) is 3.82. The Morgan fingerprint density at radius 3 is 2.15 bits per heavy atom. The van der Waals surface area contributed by atoms with Gasteiger partial charge in [0.05, 0.1) is 12.6 Å². The Hall–Kier alpha value is -4.56. The van der Waals surface area contributed by atoms with Crippen LogP contribution >= 0.6 is 22.7 Å². The Balaban J connectivity index is 1.01. The number of rotatable bonds is 12. The summed E-state index contributed by atoms with van der Waals surface area (Å²) < 4.78 is 1.46. The van der Waals surface area contributed by atoms with Crippen molar-refractivity contribution in [2.24, 2.45) is 0 Å². The Labute approximate surface area is 237 Å². The van der Waals surface area contributed by atoms with Crippen LogP contribution in [0.25, 0.3) is 11.3 Å². The molecule has 0 radical (unpaired) electrons. The number of nitrogens with one attached hydrogen (secondary N) is 2. The van der Waals surface area contributed by atoms with Gasteiger partial charge in [-0.25, -0.2) is 4.68 Å². The van der Waals surface area contributed by atoms with E-state index in [-0.39, 0.29) is 18.4 Å². The number of nitrogens with zero attached hydrogens (tertiary/aromatic N) is 7. The zero-order chi connectivity index (χ0) is 27.7. The third-order valence-corrected chi connectivity index (χ3v) is 7.49. The number of amides is 2. The first-order chi connectivity index (χ1) is 19.5. The fourth-order valence-corrected chi connectivity index (χ4v) is 5.41. The lowest BCUT2D eigenvalue weighted by Gasteiger charge is -2.01. The van der Waals surface area contributed by atoms with E-state index >= 15 is 0 Å². The first-order valence-corrected chi connectivity index (χ1v) is 14.2. The second-order valence-electron chi connectivity index (χ2n) is 8.89. The number of anilines is 3. The maximum Gasteiger partial charge on any atom is 0.247 e. The van der Waals surface area contributed by atoms with Gasteiger partial charge in [-0.2, -0.15) is 0 Å². The third-order valence-electron chi connectivity index (χ3n) is 5.69. The van der Waals surface area contributed by atoms with Gasteiger partial charge in [0.2, 0.25) is 22.1 Å². The van der Waals surface area contributed by atoms with Gasteiger partial charge < -0.3 is 11.1 Å². The number of nitrogen functional groups attached to an aromatic ring is 1. The molecule has 3 aromatic heterocycles. The van der Waals surface area contributed by atoms with Gasteiger partial charge in [-0.05, 0) is 30.5 Å². The largest absolute Gasteiger partial charge is 0.399 e. The molecule has 0 bridgehead atoms. The first-order valence-electron chi connectivity index (χ1n) is 12.5. The molecule has 0 saturated carbocycles. The Bertz CT molecular complexity index is 1580. The van der Waals surface area contributed by atoms with Gasteiger partial charge in [0, 0.05) is 24.1 Å². The molecule has 0 aliphatic rings. The number of benzene rings is 2. The van der Waals surface area contributed by atoms with Gasteiger partial charge in [0.15, 0.2) is 0 Å². The number of aromatic nitrogens is 7. The van der Waals surface area contributed by atoms with Crippen LogP contribution in [0.2, 0.25) is 0 Å². The molecule has 40 heavy (non-hydrogen) atoms. The third kappa shape index (κ3) is 7.74. The minimum Gasteiger partial charge on any atom is -0.399 e. The van der Waals surface area contributed by atoms with Crippen LogP contribution in [0.15, 0.2) is 60.8 Å². The average molecular weight is 575 g/mol. The quantitative estimate of drug-likeness (QED) is 0.149. The van der Waals surface area contributed by atoms with E-state index in [9.17, 15) is 9.59 Å². The van der Waals surface area contributed by atoms with E-state index in [1.807, 2.05) is 42.5 Å². The molecule has 5 aromatic rings. The van der Waals surface area contributed by atoms with Gasteiger partial charge >= 0.3 is 0 Å². The average Bonchev–Trinajstić information content (AvgIpc) is 3.69. The number of carbonyl (C=O) groups is 2. The molecule has 2 amide bonds. The Kier molecular flexibility index (Phi) is 8.78. The number of nitrogens with two attached hydrogens (primary N) is 1. The predicted molar refractivity (Wildman–Crippen MR) is 154 cm³/mol. The highest BCUT2D eigenvalue weighted by atomic mass is 32.1. The van der Waals surface area contributed by atoms with Crippen molar-refractivity contribution in [2.75, 3.05) is 16.4 Å². The van der Waals surface area contributed by atoms with Crippen molar-refractivity contribution in [3.05, 3.63) is 76.4 Å². The van der Waals surface area contributed by atoms with Crippen LogP contribution in [0.5, 0.6) is 0 Å². The van der Waals surface area contributed by atoms with Crippen molar-refractivity contribution < 1.29 is 9.59 Å². The summed E-state index contributed by atoms with van der Waals surface area (Å²) in [5.74, 6) is -0.383. The Morgan fingerprint density at radius 2 is 1.48 bits per heavy atom. The van der Waals surface area contributed by atoms with E-state index in [1.54, 1.807) is 18.3 Å². The highest BCUT2D eigenvalue weighted by Gasteiger charge is 2.12. The van der Waals surface area contributed by atoms with Crippen LogP contribution in [0, 0.1) is 0 Å². The lowest BCUT2D eigenvalue weighted by atomic mass is 10.1. The van der Waals surface area contributed by atoms with Gasteiger partial charge in [0.25, 0.3) is 0 Å². The summed E-state index contributed by atoms with van der Waals surface area (Å²) >= 11 is 2.73. The molecule has 12 nitrogen and oxygen atoms in total. The van der Waals surface area contributed by atoms with Crippen molar-refractivity contribution >= 4 is 50.4 Å². The minimum atomic E-state index is -0.269. The molecule has 0 aliphatic carbocycles. The molecule has 5 rings (SSSR count). The molecule has 0 aliphatic heterocycles. The Morgan fingerprint density at radius 1 is 0.800 bits per heavy atom. The van der Waals surface area contributed by atoms with Crippen molar-refractivity contribution in [3.63, 3.8) is 0 Å². The van der Waals surface area contributed by atoms with Crippen LogP contribution in [-0.2, 0) is 35.4 Å². The van der Waals surface area contributed by atoms with E-state index in [4.69, 9.17) is 5.73 Å². The molecule has 0 unspecified atom stereocenters. The first kappa shape index (κ1) is 27.0. The summed E-state index contributed by atoms with van der Waals surface area (Å²) in [4.78, 5) is 24.7. The van der Waals surface area contributed by atoms with Crippen molar-refractivity contribution in [3.8, 4) is 11.3 Å². The SMILES string of the molecule is Nc1cccc(-c2cn(CC(=O)Nc3nnc(CCCCc4nnc(NC(=O)Cc5ccccc5)s4)s3)nn2)c1. The number of unbranched alkanes of at least 4 members (excludes halogenated alkanes) is 1. The van der Waals surface area contributed by atoms with Crippen LogP contribution < -0.4 is 16.4 Å². The second-order valence-corrected chi connectivity index (χ2v) is 11.0. The second kappa shape index (κ2) is 13.0. The highest BCUT2D eigenvalue weighted by Crippen LogP contribution is 2.21. The topological polar surface area (TPSA) is 166 Å². The van der Waals surface area contributed by atoms with Crippen LogP contribution in [0.4, 0.5) is 16.0 Å². The van der Waals surface area contributed by atoms with E-state index in [2.05, 4.69) is 41.3 Å². The van der Waals surface area contributed by atoms with Gasteiger partial charge in [-0.15, -0.1) is 25.5 Å². The zero-order valence-corrected chi connectivity index (χ0v) is 23.0. The molecule has 3 heterocycles. The van der Waals surface area contributed by atoms with E-state index in [0.29, 0.717) is 28.1 Å². The van der Waals surface area contributed by atoms with Gasteiger partial charge in [0.1, 0.15) is 22.3 Å². The summed E-state index contributed by atoms with van der Waals surface area (Å²) in [5, 5.41) is 32.9. The number of aryl methyl sites for hydroxylation is 2. The van der Waals surface area contributed by atoms with Crippen LogP contribution in [0.3, 0.4) is 0 Å². The van der Waals surface area contributed by atoms with E-state index < -0.39 is 0 Å². The number of hydrogen-bond acceptors (Lipinski definition) is 11. The monoisotopic (exact) mass is 574 g/mol. The van der Waals surface area contributed by atoms with E-state index in [1.165, 1.54) is 27.4 Å². The molecule has 2 aromatic carbocycles. The number of hydrogen-bond donors (Lipinski definition) is 3. The summed E-state index contributed by atoms with van der Waals surface area (Å²) in [6.45, 7) is 0.000770. The van der Waals surface area contributed by atoms with Crippen LogP contribution in [-0.4, -0.2) is 47.2 Å². The smallest absolute Gasteiger partial charge is 0.247 e. The molecule has 204 valence electrons. The van der Waals surface area contributed by atoms with Crippen molar-refractivity contribution in [1.82, 2.24) is 35.4 Å². The maximum absolute atomic E-state index is 12.4. The highest BCUT2D eigenvalue weighted by molar-refractivity contribution is 7.15. The minimum absolute atomic E-state index is 0.000770. The standard InChI is InChI=1S/C26H26N10O2S2/c27-19-10-6-9-18(14-19)20-15-36(35-30-20)16-22(38)29-26-34-32-24(40-26)12-5-4-11-23-31-33-25(39-23)28-21(37)13-17-7-2-1-3-8-17/h1-3,6-10,14-15H,4-5,11-13,16,27H2,(H,28,33,37)(H,29,34,38). The number of carbonyl (C=O) groups excluding carboxylic acids is 2. The normalized spacial score (nSPS) is 10.9. The zero-order valence-electron chi connectivity index (χ0n) is 21.4. The molecule has 4 N–H and O–H groups in total. The van der Waals surface area contributed by atoms with Crippen molar-refractivity contribution in [1.29, 1.82) is 0 Å². The van der Waals surface area contributed by atoms with Crippen molar-refractivity contribution in [2.45, 2.75) is 38.6 Å². The summed E-state index contributed by atoms with van der Waals surface area (Å²) in [6, 6.07) is 16.9. The molecule has 0 saturated heterocycles. The molecular formula is C26H26N10O2S2. The van der Waals surface area contributed by atoms with E-state index in [0.717, 1.165) is 46.8 Å². The summed E-state index contributed by atoms with van der Waals surface area (Å²) in [6.07, 6.45) is 5.24. The molecule has 14 heteroatoms. The fraction of sp³-hybridized carbons (Fsp3) is 0.231. The molecular weight excluding hydrogens is 548 g/mol. The summed E-state index contributed by atoms with van der Waals surface area (Å²) in [7, 11) is 0.